The lowest BCUT2D eigenvalue weighted by Crippen LogP contribution is -2.25. The second kappa shape index (κ2) is 5.53. The van der Waals surface area contributed by atoms with Gasteiger partial charge in [0.2, 0.25) is 5.78 Å². The first-order valence-corrected chi connectivity index (χ1v) is 9.29. The van der Waals surface area contributed by atoms with Gasteiger partial charge in [0.15, 0.2) is 5.82 Å². The fourth-order valence-electron chi connectivity index (χ4n) is 3.86. The smallest absolute Gasteiger partial charge is 0.272 e. The molecule has 1 saturated heterocycles. The molecule has 1 unspecified atom stereocenters. The van der Waals surface area contributed by atoms with E-state index in [1.165, 1.54) is 23.5 Å². The molecule has 1 N–H and O–H groups in total. The van der Waals surface area contributed by atoms with Crippen molar-refractivity contribution in [2.24, 2.45) is 7.05 Å². The van der Waals surface area contributed by atoms with Crippen molar-refractivity contribution in [3.05, 3.63) is 51.6 Å². The molecule has 4 aromatic heterocycles. The Hall–Kier alpha value is -2.45. The third kappa shape index (κ3) is 2.17. The maximum atomic E-state index is 12.4. The molecule has 0 aromatic carbocycles. The number of nitrogens with one attached hydrogen (secondary N) is 1. The van der Waals surface area contributed by atoms with Crippen LogP contribution in [-0.4, -0.2) is 35.6 Å². The van der Waals surface area contributed by atoms with E-state index in [1.54, 1.807) is 11.6 Å². The van der Waals surface area contributed by atoms with Crippen molar-refractivity contribution < 1.29 is 0 Å². The molecule has 4 aromatic rings. The molecule has 8 heteroatoms. The van der Waals surface area contributed by atoms with Gasteiger partial charge in [-0.2, -0.15) is 0 Å². The van der Waals surface area contributed by atoms with Crippen molar-refractivity contribution in [2.45, 2.75) is 25.4 Å². The third-order valence-electron chi connectivity index (χ3n) is 5.09. The first-order valence-electron chi connectivity index (χ1n) is 8.41. The van der Waals surface area contributed by atoms with Gasteiger partial charge in [-0.25, -0.2) is 0 Å². The Kier molecular flexibility index (Phi) is 3.29. The van der Waals surface area contributed by atoms with Gasteiger partial charge in [0.25, 0.3) is 5.56 Å². The van der Waals surface area contributed by atoms with Gasteiger partial charge in [-0.1, -0.05) is 0 Å². The number of likely N-dealkylation sites (tertiary alicyclic amines) is 1. The highest BCUT2D eigenvalue weighted by atomic mass is 32.1. The van der Waals surface area contributed by atoms with Gasteiger partial charge in [0.1, 0.15) is 4.70 Å². The predicted octanol–water partition coefficient (Wildman–Crippen LogP) is 2.31. The SMILES string of the molecule is Cn1c(=O)c2sccc2n2c(CN3CCCC3c3ccc[nH]3)nnc12. The summed E-state index contributed by atoms with van der Waals surface area (Å²) in [5.41, 5.74) is 2.14. The molecule has 1 atom stereocenters. The number of rotatable bonds is 3. The van der Waals surface area contributed by atoms with Crippen molar-refractivity contribution in [3.63, 3.8) is 0 Å². The molecule has 0 amide bonds. The molecule has 0 bridgehead atoms. The van der Waals surface area contributed by atoms with Gasteiger partial charge in [-0.15, -0.1) is 21.5 Å². The maximum absolute atomic E-state index is 12.4. The predicted molar refractivity (Wildman–Crippen MR) is 96.8 cm³/mol. The van der Waals surface area contributed by atoms with E-state index in [0.29, 0.717) is 18.4 Å². The van der Waals surface area contributed by atoms with Gasteiger partial charge < -0.3 is 4.98 Å². The summed E-state index contributed by atoms with van der Waals surface area (Å²) >= 11 is 1.47. The van der Waals surface area contributed by atoms with Crippen LogP contribution in [0, 0.1) is 0 Å². The molecule has 25 heavy (non-hydrogen) atoms. The molecule has 1 fully saturated rings. The third-order valence-corrected chi connectivity index (χ3v) is 5.98. The number of aryl methyl sites for hydroxylation is 1. The lowest BCUT2D eigenvalue weighted by atomic mass is 10.1. The van der Waals surface area contributed by atoms with Gasteiger partial charge >= 0.3 is 0 Å². The van der Waals surface area contributed by atoms with E-state index in [4.69, 9.17) is 0 Å². The number of H-pyrrole nitrogens is 1. The minimum atomic E-state index is -0.0121. The zero-order chi connectivity index (χ0) is 17.0. The lowest BCUT2D eigenvalue weighted by Gasteiger charge is -2.22. The highest BCUT2D eigenvalue weighted by Crippen LogP contribution is 2.32. The van der Waals surface area contributed by atoms with Crippen LogP contribution in [0.5, 0.6) is 0 Å². The zero-order valence-corrected chi connectivity index (χ0v) is 14.7. The van der Waals surface area contributed by atoms with Crippen LogP contribution in [0.1, 0.15) is 30.4 Å². The largest absolute Gasteiger partial charge is 0.364 e. The summed E-state index contributed by atoms with van der Waals surface area (Å²) in [5, 5.41) is 10.6. The molecule has 0 saturated carbocycles. The van der Waals surface area contributed by atoms with Crippen LogP contribution in [-0.2, 0) is 13.6 Å². The first kappa shape index (κ1) is 14.9. The minimum Gasteiger partial charge on any atom is -0.364 e. The number of thiophene rings is 1. The number of aromatic amines is 1. The van der Waals surface area contributed by atoms with Crippen LogP contribution < -0.4 is 5.56 Å². The summed E-state index contributed by atoms with van der Waals surface area (Å²) in [6, 6.07) is 6.55. The highest BCUT2D eigenvalue weighted by molar-refractivity contribution is 7.17. The van der Waals surface area contributed by atoms with E-state index >= 15 is 0 Å². The Labute approximate surface area is 147 Å². The van der Waals surface area contributed by atoms with Gasteiger partial charge in [-0.05, 0) is 43.0 Å². The van der Waals surface area contributed by atoms with Crippen molar-refractivity contribution in [1.82, 2.24) is 29.0 Å². The minimum absolute atomic E-state index is 0.0121. The normalized spacial score (nSPS) is 18.7. The molecule has 1 aliphatic rings. The van der Waals surface area contributed by atoms with Crippen molar-refractivity contribution in [3.8, 4) is 0 Å². The standard InChI is InChI=1S/C17H18N6OS/c1-21-16(24)15-13(6-9-25-15)23-14(19-20-17(21)23)10-22-8-3-5-12(22)11-4-2-7-18-11/h2,4,6-7,9,12,18H,3,5,8,10H2,1H3. The number of nitrogens with zero attached hydrogens (tertiary/aromatic N) is 5. The fraction of sp³-hybridized carbons (Fsp3) is 0.353. The lowest BCUT2D eigenvalue weighted by molar-refractivity contribution is 0.238. The Balaban J connectivity index is 1.61. The number of fused-ring (bicyclic) bond motifs is 3. The number of aromatic nitrogens is 5. The van der Waals surface area contributed by atoms with Gasteiger partial charge in [-0.3, -0.25) is 18.7 Å². The van der Waals surface area contributed by atoms with Crippen molar-refractivity contribution in [2.75, 3.05) is 6.54 Å². The second-order valence-electron chi connectivity index (χ2n) is 6.50. The van der Waals surface area contributed by atoms with Crippen LogP contribution in [0.3, 0.4) is 0 Å². The van der Waals surface area contributed by atoms with Crippen molar-refractivity contribution in [1.29, 1.82) is 0 Å². The van der Waals surface area contributed by atoms with Crippen LogP contribution >= 0.6 is 11.3 Å². The van der Waals surface area contributed by atoms with E-state index in [9.17, 15) is 4.79 Å². The van der Waals surface area contributed by atoms with Gasteiger partial charge in [0, 0.05) is 18.9 Å². The van der Waals surface area contributed by atoms with E-state index in [1.807, 2.05) is 28.1 Å². The van der Waals surface area contributed by atoms with Gasteiger partial charge in [0.05, 0.1) is 18.1 Å². The highest BCUT2D eigenvalue weighted by Gasteiger charge is 2.28. The monoisotopic (exact) mass is 354 g/mol. The summed E-state index contributed by atoms with van der Waals surface area (Å²) in [7, 11) is 1.76. The molecule has 0 radical (unpaired) electrons. The van der Waals surface area contributed by atoms with Crippen LogP contribution in [0.2, 0.25) is 0 Å². The summed E-state index contributed by atoms with van der Waals surface area (Å²) in [5.74, 6) is 1.48. The molecular formula is C17H18N6OS. The van der Waals surface area contributed by atoms with E-state index < -0.39 is 0 Å². The molecule has 0 aliphatic carbocycles. The average Bonchev–Trinajstić information content (AvgIpc) is 3.37. The quantitative estimate of drug-likeness (QED) is 0.613. The Morgan fingerprint density at radius 2 is 2.28 bits per heavy atom. The Morgan fingerprint density at radius 1 is 1.36 bits per heavy atom. The Bertz CT molecular complexity index is 1110. The van der Waals surface area contributed by atoms with E-state index in [0.717, 1.165) is 29.0 Å². The number of hydrogen-bond donors (Lipinski definition) is 1. The van der Waals surface area contributed by atoms with Crippen molar-refractivity contribution >= 4 is 27.3 Å². The molecule has 128 valence electrons. The molecular weight excluding hydrogens is 336 g/mol. The molecule has 5 heterocycles. The Morgan fingerprint density at radius 3 is 3.12 bits per heavy atom. The topological polar surface area (TPSA) is 71.2 Å². The molecule has 1 aliphatic heterocycles. The second-order valence-corrected chi connectivity index (χ2v) is 7.42. The fourth-order valence-corrected chi connectivity index (χ4v) is 4.71. The maximum Gasteiger partial charge on any atom is 0.272 e. The summed E-state index contributed by atoms with van der Waals surface area (Å²) in [4.78, 5) is 18.2. The first-order chi connectivity index (χ1) is 12.2. The number of hydrogen-bond acceptors (Lipinski definition) is 5. The van der Waals surface area contributed by atoms with E-state index in [-0.39, 0.29) is 5.56 Å². The molecule has 0 spiro atoms. The summed E-state index contributed by atoms with van der Waals surface area (Å²) in [6.45, 7) is 1.76. The van der Waals surface area contributed by atoms with Crippen LogP contribution in [0.15, 0.2) is 34.6 Å². The van der Waals surface area contributed by atoms with Crippen LogP contribution in [0.4, 0.5) is 0 Å². The molecule has 5 rings (SSSR count). The zero-order valence-electron chi connectivity index (χ0n) is 13.8. The van der Waals surface area contributed by atoms with E-state index in [2.05, 4.69) is 26.1 Å². The summed E-state index contributed by atoms with van der Waals surface area (Å²) < 4.78 is 4.36. The summed E-state index contributed by atoms with van der Waals surface area (Å²) in [6.07, 6.45) is 4.29. The molecule has 7 nitrogen and oxygen atoms in total. The van der Waals surface area contributed by atoms with Crippen LogP contribution in [0.25, 0.3) is 16.0 Å². The average molecular weight is 354 g/mol.